The number of nitrogens with zero attached hydrogens (tertiary/aromatic N) is 4. The first-order chi connectivity index (χ1) is 18.3. The van der Waals surface area contributed by atoms with Crippen molar-refractivity contribution >= 4 is 34.6 Å². The van der Waals surface area contributed by atoms with Crippen LogP contribution in [0, 0.1) is 5.92 Å². The molecule has 4 aromatic rings. The first kappa shape index (κ1) is 25.1. The summed E-state index contributed by atoms with van der Waals surface area (Å²) in [5.74, 6) is -1.19. The lowest BCUT2D eigenvalue weighted by molar-refractivity contribution is -0.135. The number of nitrogens with two attached hydrogens (primary N) is 1. The van der Waals surface area contributed by atoms with E-state index in [2.05, 4.69) is 5.10 Å². The van der Waals surface area contributed by atoms with Crippen molar-refractivity contribution < 1.29 is 9.59 Å². The van der Waals surface area contributed by atoms with Crippen molar-refractivity contribution in [2.75, 3.05) is 7.05 Å². The maximum atomic E-state index is 14.0. The molecule has 7 heteroatoms. The van der Waals surface area contributed by atoms with E-state index in [1.54, 1.807) is 17.8 Å². The fourth-order valence-corrected chi connectivity index (χ4v) is 5.37. The van der Waals surface area contributed by atoms with Crippen molar-refractivity contribution in [3.8, 4) is 0 Å². The van der Waals surface area contributed by atoms with Gasteiger partial charge < -0.3 is 5.73 Å². The van der Waals surface area contributed by atoms with Gasteiger partial charge in [0.25, 0.3) is 0 Å². The molecule has 1 aliphatic rings. The molecule has 192 valence electrons. The van der Waals surface area contributed by atoms with Gasteiger partial charge in [-0.3, -0.25) is 19.2 Å². The number of hydrogen-bond acceptors (Lipinski definition) is 5. The number of guanidine groups is 1. The highest BCUT2D eigenvalue weighted by Crippen LogP contribution is 2.47. The summed E-state index contributed by atoms with van der Waals surface area (Å²) < 4.78 is 1.76. The van der Waals surface area contributed by atoms with E-state index in [-0.39, 0.29) is 24.1 Å². The van der Waals surface area contributed by atoms with Crippen LogP contribution in [0.5, 0.6) is 0 Å². The molecule has 1 amide bonds. The number of amides is 1. The van der Waals surface area contributed by atoms with Crippen molar-refractivity contribution in [1.29, 1.82) is 0 Å². The molecule has 0 spiro atoms. The summed E-state index contributed by atoms with van der Waals surface area (Å²) >= 11 is 0. The van der Waals surface area contributed by atoms with Crippen LogP contribution in [0.15, 0.2) is 96.1 Å². The molecule has 1 aliphatic heterocycles. The topological polar surface area (TPSA) is 93.6 Å². The third-order valence-corrected chi connectivity index (χ3v) is 7.41. The molecule has 2 N–H and O–H groups in total. The Hall–Kier alpha value is -4.52. The van der Waals surface area contributed by atoms with Crippen LogP contribution < -0.4 is 5.73 Å². The molecular formula is C31H31N5O2. The van der Waals surface area contributed by atoms with Crippen LogP contribution in [0.25, 0.3) is 17.0 Å². The number of carbonyl (C=O) groups is 2. The Morgan fingerprint density at radius 2 is 1.74 bits per heavy atom. The van der Waals surface area contributed by atoms with Gasteiger partial charge in [0.2, 0.25) is 5.91 Å². The van der Waals surface area contributed by atoms with Gasteiger partial charge in [-0.2, -0.15) is 5.10 Å². The van der Waals surface area contributed by atoms with Gasteiger partial charge in [0, 0.05) is 38.0 Å². The summed E-state index contributed by atoms with van der Waals surface area (Å²) in [6.45, 7) is 1.93. The third kappa shape index (κ3) is 4.75. The van der Waals surface area contributed by atoms with Gasteiger partial charge in [-0.05, 0) is 35.8 Å². The first-order valence-corrected chi connectivity index (χ1v) is 12.6. The summed E-state index contributed by atoms with van der Waals surface area (Å²) in [5.41, 5.74) is 8.74. The molecule has 1 aromatic heterocycles. The minimum Gasteiger partial charge on any atom is -0.369 e. The Balaban J connectivity index is 1.60. The van der Waals surface area contributed by atoms with Gasteiger partial charge in [-0.25, -0.2) is 4.99 Å². The molecule has 3 atom stereocenters. The molecule has 0 bridgehead atoms. The highest BCUT2D eigenvalue weighted by molar-refractivity contribution is 6.01. The van der Waals surface area contributed by atoms with E-state index in [1.807, 2.05) is 105 Å². The lowest BCUT2D eigenvalue weighted by Crippen LogP contribution is -2.55. The van der Waals surface area contributed by atoms with Crippen molar-refractivity contribution in [3.05, 3.63) is 108 Å². The van der Waals surface area contributed by atoms with Gasteiger partial charge in [0.1, 0.15) is 0 Å². The SMILES string of the molecule is CN1C(=O)C(C(CC(=O)/C=C/c2ccccc2)c2ccccc2)[C@@](C)(c2ccc3cn(C)nc3c2)N=C1N. The quantitative estimate of drug-likeness (QED) is 0.370. The number of aromatic nitrogens is 2. The van der Waals surface area contributed by atoms with E-state index in [9.17, 15) is 9.59 Å². The molecule has 2 unspecified atom stereocenters. The van der Waals surface area contributed by atoms with Crippen LogP contribution in [0.2, 0.25) is 0 Å². The standard InChI is InChI=1S/C31H31N5O2/c1-31(24-16-15-23-20-35(2)34-27(23)18-24)28(29(38)36(3)30(32)33-31)26(22-12-8-5-9-13-22)19-25(37)17-14-21-10-6-4-7-11-21/h4-18,20,26,28H,19H2,1-3H3,(H2,32,33)/b17-14+/t26?,28?,31-/m1/s1. The summed E-state index contributed by atoms with van der Waals surface area (Å²) in [6.07, 6.45) is 5.50. The van der Waals surface area contributed by atoms with E-state index in [1.165, 1.54) is 4.90 Å². The number of allylic oxidation sites excluding steroid dienone is 1. The van der Waals surface area contributed by atoms with Crippen molar-refractivity contribution in [2.45, 2.75) is 24.8 Å². The van der Waals surface area contributed by atoms with E-state index < -0.39 is 17.4 Å². The molecule has 7 nitrogen and oxygen atoms in total. The molecule has 5 rings (SSSR count). The normalized spacial score (nSPS) is 20.6. The van der Waals surface area contributed by atoms with Crippen molar-refractivity contribution in [3.63, 3.8) is 0 Å². The van der Waals surface area contributed by atoms with Crippen LogP contribution in [0.4, 0.5) is 0 Å². The number of aryl methyl sites for hydroxylation is 1. The summed E-state index contributed by atoms with van der Waals surface area (Å²) in [4.78, 5) is 33.6. The molecule has 0 fully saturated rings. The van der Waals surface area contributed by atoms with Crippen molar-refractivity contribution in [2.24, 2.45) is 23.7 Å². The van der Waals surface area contributed by atoms with Gasteiger partial charge in [-0.1, -0.05) is 78.9 Å². The molecule has 0 saturated carbocycles. The smallest absolute Gasteiger partial charge is 0.235 e. The minimum atomic E-state index is -1.01. The molecule has 0 radical (unpaired) electrons. The van der Waals surface area contributed by atoms with Crippen LogP contribution in [0.3, 0.4) is 0 Å². The molecule has 38 heavy (non-hydrogen) atoms. The van der Waals surface area contributed by atoms with Crippen LogP contribution in [-0.2, 0) is 22.2 Å². The predicted molar refractivity (Wildman–Crippen MR) is 150 cm³/mol. The van der Waals surface area contributed by atoms with Crippen LogP contribution in [0.1, 0.15) is 36.0 Å². The monoisotopic (exact) mass is 505 g/mol. The number of ketones is 1. The Kier molecular flexibility index (Phi) is 6.68. The van der Waals surface area contributed by atoms with Gasteiger partial charge in [0.15, 0.2) is 11.7 Å². The Morgan fingerprint density at radius 3 is 2.45 bits per heavy atom. The number of hydrogen-bond donors (Lipinski definition) is 1. The van der Waals surface area contributed by atoms with Gasteiger partial charge in [0.05, 0.1) is 17.0 Å². The fraction of sp³-hybridized carbons (Fsp3) is 0.226. The largest absolute Gasteiger partial charge is 0.369 e. The number of aliphatic imine (C=N–C) groups is 1. The van der Waals surface area contributed by atoms with Crippen LogP contribution >= 0.6 is 0 Å². The Bertz CT molecular complexity index is 1540. The number of benzene rings is 3. The zero-order chi connectivity index (χ0) is 26.9. The van der Waals surface area contributed by atoms with Gasteiger partial charge in [-0.15, -0.1) is 0 Å². The third-order valence-electron chi connectivity index (χ3n) is 7.41. The van der Waals surface area contributed by atoms with E-state index in [0.717, 1.165) is 27.6 Å². The summed E-state index contributed by atoms with van der Waals surface area (Å²) in [7, 11) is 3.51. The molecule has 0 saturated heterocycles. The Morgan fingerprint density at radius 1 is 1.05 bits per heavy atom. The molecule has 3 aromatic carbocycles. The molecule has 0 aliphatic carbocycles. The average Bonchev–Trinajstić information content (AvgIpc) is 3.30. The van der Waals surface area contributed by atoms with Crippen LogP contribution in [-0.4, -0.2) is 39.4 Å². The lowest BCUT2D eigenvalue weighted by atomic mass is 9.68. The Labute approximate surface area is 222 Å². The van der Waals surface area contributed by atoms with Crippen molar-refractivity contribution in [1.82, 2.24) is 14.7 Å². The number of fused-ring (bicyclic) bond motifs is 1. The zero-order valence-corrected chi connectivity index (χ0v) is 21.8. The second-order valence-corrected chi connectivity index (χ2v) is 10.0. The van der Waals surface area contributed by atoms with E-state index in [4.69, 9.17) is 10.7 Å². The highest BCUT2D eigenvalue weighted by Gasteiger charge is 2.50. The zero-order valence-electron chi connectivity index (χ0n) is 21.8. The second kappa shape index (κ2) is 10.1. The molecule has 2 heterocycles. The fourth-order valence-electron chi connectivity index (χ4n) is 5.37. The minimum absolute atomic E-state index is 0.0665. The maximum Gasteiger partial charge on any atom is 0.235 e. The number of rotatable bonds is 7. The highest BCUT2D eigenvalue weighted by atomic mass is 16.2. The average molecular weight is 506 g/mol. The van der Waals surface area contributed by atoms with Gasteiger partial charge >= 0.3 is 0 Å². The van der Waals surface area contributed by atoms with E-state index in [0.29, 0.717) is 0 Å². The number of carbonyl (C=O) groups excluding carboxylic acids is 2. The maximum absolute atomic E-state index is 14.0. The lowest BCUT2D eigenvalue weighted by Gasteiger charge is -2.44. The summed E-state index contributed by atoms with van der Waals surface area (Å²) in [6, 6.07) is 25.3. The second-order valence-electron chi connectivity index (χ2n) is 10.0. The summed E-state index contributed by atoms with van der Waals surface area (Å²) in [5, 5.41) is 5.55. The molecular weight excluding hydrogens is 474 g/mol. The first-order valence-electron chi connectivity index (χ1n) is 12.6. The van der Waals surface area contributed by atoms with E-state index >= 15 is 0 Å². The predicted octanol–water partition coefficient (Wildman–Crippen LogP) is 4.65.